The molecule has 1 aromatic rings. The average Bonchev–Trinajstić information content (AvgIpc) is 2.97. The standard InChI is InChI=1S/C16H19BrN2O2/c17-12-6-3-9-18-15(12)16(21)19-10-4-7-13(19)11-5-1-2-8-14(11)20/h3,6,9,11,13H,1-2,4-5,7-8,10H2. The molecule has 112 valence electrons. The molecular weight excluding hydrogens is 332 g/mol. The first kappa shape index (κ1) is 14.7. The van der Waals surface area contributed by atoms with Gasteiger partial charge in [-0.05, 0) is 53.7 Å². The molecule has 0 aromatic carbocycles. The van der Waals surface area contributed by atoms with E-state index in [4.69, 9.17) is 0 Å². The molecular formula is C16H19BrN2O2. The fourth-order valence-electron chi connectivity index (χ4n) is 3.56. The molecule has 1 aliphatic heterocycles. The SMILES string of the molecule is O=C1CCCCC1C1CCCN1C(=O)c1ncccc1Br. The maximum Gasteiger partial charge on any atom is 0.273 e. The number of carbonyl (C=O) groups excluding carboxylic acids is 2. The number of nitrogens with zero attached hydrogens (tertiary/aromatic N) is 2. The summed E-state index contributed by atoms with van der Waals surface area (Å²) >= 11 is 3.39. The van der Waals surface area contributed by atoms with Crippen LogP contribution >= 0.6 is 15.9 Å². The minimum absolute atomic E-state index is 0.0349. The van der Waals surface area contributed by atoms with E-state index in [1.165, 1.54) is 0 Å². The Morgan fingerprint density at radius 3 is 2.90 bits per heavy atom. The van der Waals surface area contributed by atoms with Gasteiger partial charge >= 0.3 is 0 Å². The van der Waals surface area contributed by atoms with Gasteiger partial charge in [-0.3, -0.25) is 9.59 Å². The van der Waals surface area contributed by atoms with Gasteiger partial charge in [-0.25, -0.2) is 4.98 Å². The summed E-state index contributed by atoms with van der Waals surface area (Å²) in [6.45, 7) is 0.732. The van der Waals surface area contributed by atoms with Gasteiger partial charge in [0.15, 0.2) is 0 Å². The van der Waals surface area contributed by atoms with E-state index in [2.05, 4.69) is 20.9 Å². The predicted octanol–water partition coefficient (Wildman–Crippen LogP) is 3.21. The Bertz CT molecular complexity index is 561. The van der Waals surface area contributed by atoms with Gasteiger partial charge in [0.2, 0.25) is 0 Å². The van der Waals surface area contributed by atoms with E-state index in [1.807, 2.05) is 11.0 Å². The summed E-state index contributed by atoms with van der Waals surface area (Å²) < 4.78 is 0.718. The van der Waals surface area contributed by atoms with Crippen LogP contribution in [0.3, 0.4) is 0 Å². The number of Topliss-reactive ketones (excluding diaryl/α,β-unsaturated/α-hetero) is 1. The molecule has 4 nitrogen and oxygen atoms in total. The second-order valence-electron chi connectivity index (χ2n) is 5.86. The zero-order valence-electron chi connectivity index (χ0n) is 11.9. The van der Waals surface area contributed by atoms with Crippen LogP contribution in [-0.4, -0.2) is 34.2 Å². The van der Waals surface area contributed by atoms with Gasteiger partial charge in [-0.2, -0.15) is 0 Å². The summed E-state index contributed by atoms with van der Waals surface area (Å²) in [5, 5.41) is 0. The van der Waals surface area contributed by atoms with Crippen LogP contribution in [0.4, 0.5) is 0 Å². The number of hydrogen-bond acceptors (Lipinski definition) is 3. The predicted molar refractivity (Wildman–Crippen MR) is 83.0 cm³/mol. The number of halogens is 1. The van der Waals surface area contributed by atoms with E-state index in [0.717, 1.165) is 43.1 Å². The molecule has 2 fully saturated rings. The highest BCUT2D eigenvalue weighted by Gasteiger charge is 2.39. The largest absolute Gasteiger partial charge is 0.334 e. The summed E-state index contributed by atoms with van der Waals surface area (Å²) in [5.41, 5.74) is 0.452. The summed E-state index contributed by atoms with van der Waals surface area (Å²) in [6.07, 6.45) is 7.25. The van der Waals surface area contributed by atoms with Crippen LogP contribution in [0.2, 0.25) is 0 Å². The fraction of sp³-hybridized carbons (Fsp3) is 0.562. The van der Waals surface area contributed by atoms with E-state index in [1.54, 1.807) is 12.3 Å². The number of hydrogen-bond donors (Lipinski definition) is 0. The Labute approximate surface area is 133 Å². The second kappa shape index (κ2) is 6.26. The number of carbonyl (C=O) groups is 2. The molecule has 2 unspecified atom stereocenters. The average molecular weight is 351 g/mol. The van der Waals surface area contributed by atoms with Gasteiger partial charge in [0.1, 0.15) is 11.5 Å². The summed E-state index contributed by atoms with van der Waals surface area (Å²) in [4.78, 5) is 31.0. The van der Waals surface area contributed by atoms with E-state index in [9.17, 15) is 9.59 Å². The molecule has 1 amide bonds. The molecule has 1 saturated carbocycles. The van der Waals surface area contributed by atoms with Crippen molar-refractivity contribution in [3.63, 3.8) is 0 Å². The summed E-state index contributed by atoms with van der Waals surface area (Å²) in [5.74, 6) is 0.321. The van der Waals surface area contributed by atoms with Crippen molar-refractivity contribution < 1.29 is 9.59 Å². The van der Waals surface area contributed by atoms with E-state index >= 15 is 0 Å². The molecule has 5 heteroatoms. The Balaban J connectivity index is 1.82. The Hall–Kier alpha value is -1.23. The quantitative estimate of drug-likeness (QED) is 0.822. The van der Waals surface area contributed by atoms with Gasteiger partial charge in [0.05, 0.1) is 0 Å². The van der Waals surface area contributed by atoms with Crippen LogP contribution in [0.25, 0.3) is 0 Å². The molecule has 0 N–H and O–H groups in total. The van der Waals surface area contributed by atoms with Crippen molar-refractivity contribution in [2.75, 3.05) is 6.54 Å². The Morgan fingerprint density at radius 2 is 2.14 bits per heavy atom. The molecule has 1 aromatic heterocycles. The highest BCUT2D eigenvalue weighted by molar-refractivity contribution is 9.10. The minimum Gasteiger partial charge on any atom is -0.334 e. The van der Waals surface area contributed by atoms with Gasteiger partial charge in [0, 0.05) is 35.6 Å². The van der Waals surface area contributed by atoms with Crippen LogP contribution < -0.4 is 0 Å². The number of aromatic nitrogens is 1. The van der Waals surface area contributed by atoms with Crippen molar-refractivity contribution in [1.82, 2.24) is 9.88 Å². The van der Waals surface area contributed by atoms with Gasteiger partial charge in [0.25, 0.3) is 5.91 Å². The summed E-state index contributed by atoms with van der Waals surface area (Å²) in [7, 11) is 0. The first-order valence-electron chi connectivity index (χ1n) is 7.62. The zero-order chi connectivity index (χ0) is 14.8. The first-order valence-corrected chi connectivity index (χ1v) is 8.42. The Morgan fingerprint density at radius 1 is 1.29 bits per heavy atom. The lowest BCUT2D eigenvalue weighted by molar-refractivity contribution is -0.126. The molecule has 2 heterocycles. The van der Waals surface area contributed by atoms with Crippen LogP contribution in [0, 0.1) is 5.92 Å². The summed E-state index contributed by atoms with van der Waals surface area (Å²) in [6, 6.07) is 3.70. The topological polar surface area (TPSA) is 50.3 Å². The smallest absolute Gasteiger partial charge is 0.273 e. The lowest BCUT2D eigenvalue weighted by Crippen LogP contribution is -2.44. The highest BCUT2D eigenvalue weighted by Crippen LogP contribution is 2.33. The van der Waals surface area contributed by atoms with Crippen LogP contribution in [-0.2, 0) is 4.79 Å². The number of rotatable bonds is 2. The third-order valence-electron chi connectivity index (χ3n) is 4.59. The molecule has 3 rings (SSSR count). The molecule has 0 radical (unpaired) electrons. The molecule has 0 spiro atoms. The van der Waals surface area contributed by atoms with Gasteiger partial charge < -0.3 is 4.90 Å². The number of ketones is 1. The lowest BCUT2D eigenvalue weighted by atomic mass is 9.82. The van der Waals surface area contributed by atoms with Crippen LogP contribution in [0.5, 0.6) is 0 Å². The monoisotopic (exact) mass is 350 g/mol. The molecule has 1 saturated heterocycles. The number of amides is 1. The molecule has 21 heavy (non-hydrogen) atoms. The molecule has 2 aliphatic rings. The number of pyridine rings is 1. The Kier molecular flexibility index (Phi) is 4.38. The zero-order valence-corrected chi connectivity index (χ0v) is 13.5. The highest BCUT2D eigenvalue weighted by atomic mass is 79.9. The van der Waals surface area contributed by atoms with Crippen LogP contribution in [0.15, 0.2) is 22.8 Å². The van der Waals surface area contributed by atoms with E-state index in [-0.39, 0.29) is 17.9 Å². The molecule has 2 atom stereocenters. The van der Waals surface area contributed by atoms with Crippen molar-refractivity contribution in [1.29, 1.82) is 0 Å². The van der Waals surface area contributed by atoms with Crippen molar-refractivity contribution >= 4 is 27.6 Å². The third kappa shape index (κ3) is 2.89. The first-order chi connectivity index (χ1) is 10.2. The second-order valence-corrected chi connectivity index (χ2v) is 6.71. The maximum absolute atomic E-state index is 12.7. The van der Waals surface area contributed by atoms with Crippen molar-refractivity contribution in [2.45, 2.75) is 44.6 Å². The molecule has 1 aliphatic carbocycles. The van der Waals surface area contributed by atoms with E-state index in [0.29, 0.717) is 17.9 Å². The molecule has 0 bridgehead atoms. The van der Waals surface area contributed by atoms with Gasteiger partial charge in [-0.1, -0.05) is 6.42 Å². The number of likely N-dealkylation sites (tertiary alicyclic amines) is 1. The normalized spacial score (nSPS) is 26.1. The third-order valence-corrected chi connectivity index (χ3v) is 5.23. The van der Waals surface area contributed by atoms with Gasteiger partial charge in [-0.15, -0.1) is 0 Å². The minimum atomic E-state index is -0.0525. The van der Waals surface area contributed by atoms with Crippen molar-refractivity contribution in [2.24, 2.45) is 5.92 Å². The lowest BCUT2D eigenvalue weighted by Gasteiger charge is -2.33. The van der Waals surface area contributed by atoms with E-state index < -0.39 is 0 Å². The van der Waals surface area contributed by atoms with Crippen molar-refractivity contribution in [3.8, 4) is 0 Å². The fourth-order valence-corrected chi connectivity index (χ4v) is 3.98. The maximum atomic E-state index is 12.7. The van der Waals surface area contributed by atoms with Crippen LogP contribution in [0.1, 0.15) is 49.0 Å². The van der Waals surface area contributed by atoms with Crippen molar-refractivity contribution in [3.05, 3.63) is 28.5 Å².